The van der Waals surface area contributed by atoms with Gasteiger partial charge in [0.2, 0.25) is 0 Å². The van der Waals surface area contributed by atoms with Crippen molar-refractivity contribution in [3.05, 3.63) is 41.0 Å². The van der Waals surface area contributed by atoms with Gasteiger partial charge < -0.3 is 10.6 Å². The number of urea groups is 2. The summed E-state index contributed by atoms with van der Waals surface area (Å²) in [5.41, 5.74) is 2.27. The molecule has 0 saturated heterocycles. The summed E-state index contributed by atoms with van der Waals surface area (Å²) in [7, 11) is -3.96. The number of sulfonamides is 1. The minimum atomic E-state index is -3.96. The van der Waals surface area contributed by atoms with Crippen LogP contribution in [0.2, 0.25) is 0 Å². The molecule has 2 rings (SSSR count). The van der Waals surface area contributed by atoms with Gasteiger partial charge in [0.15, 0.2) is 0 Å². The van der Waals surface area contributed by atoms with Crippen molar-refractivity contribution in [3.8, 4) is 0 Å². The van der Waals surface area contributed by atoms with Gasteiger partial charge in [-0.05, 0) is 50.0 Å². The third-order valence-electron chi connectivity index (χ3n) is 4.81. The fourth-order valence-corrected chi connectivity index (χ4v) is 3.75. The van der Waals surface area contributed by atoms with Crippen molar-refractivity contribution in [1.82, 2.24) is 20.3 Å². The molecule has 0 spiro atoms. The van der Waals surface area contributed by atoms with Gasteiger partial charge in [-0.1, -0.05) is 25.5 Å². The van der Waals surface area contributed by atoms with E-state index >= 15 is 0 Å². The van der Waals surface area contributed by atoms with E-state index in [-0.39, 0.29) is 10.8 Å². The zero-order valence-corrected chi connectivity index (χ0v) is 18.3. The van der Waals surface area contributed by atoms with Crippen molar-refractivity contribution < 1.29 is 22.8 Å². The summed E-state index contributed by atoms with van der Waals surface area (Å²) in [6, 6.07) is 4.83. The van der Waals surface area contributed by atoms with E-state index in [1.807, 2.05) is 18.6 Å². The van der Waals surface area contributed by atoms with Gasteiger partial charge >= 0.3 is 12.1 Å². The molecule has 10 heteroatoms. The van der Waals surface area contributed by atoms with Gasteiger partial charge in [-0.3, -0.25) is 9.69 Å². The predicted molar refractivity (Wildman–Crippen MR) is 112 cm³/mol. The SMILES string of the molecule is CCCCNC(=O)NS(=O)(=O)c1ccc(CCNC(=O)N2CC(C)=C(C)C2=O)cc1. The molecule has 1 aromatic carbocycles. The minimum Gasteiger partial charge on any atom is -0.337 e. The second-order valence-electron chi connectivity index (χ2n) is 7.14. The van der Waals surface area contributed by atoms with E-state index in [0.29, 0.717) is 31.6 Å². The van der Waals surface area contributed by atoms with Gasteiger partial charge in [0.05, 0.1) is 11.4 Å². The number of rotatable bonds is 8. The molecule has 0 aliphatic carbocycles. The molecule has 1 aliphatic rings. The number of hydrogen-bond donors (Lipinski definition) is 3. The largest absolute Gasteiger partial charge is 0.337 e. The summed E-state index contributed by atoms with van der Waals surface area (Å²) >= 11 is 0. The van der Waals surface area contributed by atoms with Gasteiger partial charge in [0.1, 0.15) is 0 Å². The van der Waals surface area contributed by atoms with Crippen LogP contribution in [0, 0.1) is 0 Å². The topological polar surface area (TPSA) is 125 Å². The molecule has 0 fully saturated rings. The molecule has 3 N–H and O–H groups in total. The lowest BCUT2D eigenvalue weighted by atomic mass is 10.1. The van der Waals surface area contributed by atoms with Crippen LogP contribution in [0.1, 0.15) is 39.2 Å². The molecule has 9 nitrogen and oxygen atoms in total. The summed E-state index contributed by atoms with van der Waals surface area (Å²) < 4.78 is 26.5. The maximum Gasteiger partial charge on any atom is 0.328 e. The fraction of sp³-hybridized carbons (Fsp3) is 0.450. The molecule has 164 valence electrons. The zero-order valence-electron chi connectivity index (χ0n) is 17.4. The van der Waals surface area contributed by atoms with E-state index in [4.69, 9.17) is 0 Å². The highest BCUT2D eigenvalue weighted by Crippen LogP contribution is 2.17. The first-order chi connectivity index (χ1) is 14.2. The highest BCUT2D eigenvalue weighted by atomic mass is 32.2. The van der Waals surface area contributed by atoms with E-state index in [2.05, 4.69) is 10.6 Å². The Morgan fingerprint density at radius 1 is 1.07 bits per heavy atom. The number of carbonyl (C=O) groups excluding carboxylic acids is 3. The first-order valence-corrected chi connectivity index (χ1v) is 11.3. The number of nitrogens with one attached hydrogen (secondary N) is 3. The molecule has 0 bridgehead atoms. The first kappa shape index (κ1) is 23.4. The number of benzene rings is 1. The Kier molecular flexibility index (Phi) is 7.99. The van der Waals surface area contributed by atoms with E-state index in [9.17, 15) is 22.8 Å². The van der Waals surface area contributed by atoms with Gasteiger partial charge in [-0.25, -0.2) is 22.7 Å². The van der Waals surface area contributed by atoms with Crippen molar-refractivity contribution in [3.63, 3.8) is 0 Å². The van der Waals surface area contributed by atoms with Gasteiger partial charge in [-0.2, -0.15) is 0 Å². The van der Waals surface area contributed by atoms with Crippen LogP contribution in [0.15, 0.2) is 40.3 Å². The summed E-state index contributed by atoms with van der Waals surface area (Å²) in [4.78, 5) is 37.0. The molecule has 1 heterocycles. The van der Waals surface area contributed by atoms with Crippen LogP contribution in [0.25, 0.3) is 0 Å². The summed E-state index contributed by atoms with van der Waals surface area (Å²) in [6.07, 6.45) is 2.12. The summed E-state index contributed by atoms with van der Waals surface area (Å²) in [6.45, 7) is 6.48. The van der Waals surface area contributed by atoms with Gasteiger partial charge in [0.25, 0.3) is 15.9 Å². The quantitative estimate of drug-likeness (QED) is 0.537. The van der Waals surface area contributed by atoms with Crippen LogP contribution in [0.3, 0.4) is 0 Å². The molecular weight excluding hydrogens is 408 g/mol. The Morgan fingerprint density at radius 2 is 1.73 bits per heavy atom. The standard InChI is InChI=1S/C20H28N4O5S/c1-4-5-11-21-19(26)23-30(28,29)17-8-6-16(7-9-17)10-12-22-20(27)24-13-14(2)15(3)18(24)25/h6-9H,4-5,10-13H2,1-3H3,(H,22,27)(H2,21,23,26). The molecule has 30 heavy (non-hydrogen) atoms. The molecule has 0 unspecified atom stereocenters. The van der Waals surface area contributed by atoms with Crippen LogP contribution < -0.4 is 15.4 Å². The third-order valence-corrected chi connectivity index (χ3v) is 6.16. The highest BCUT2D eigenvalue weighted by Gasteiger charge is 2.29. The zero-order chi connectivity index (χ0) is 22.3. The lowest BCUT2D eigenvalue weighted by molar-refractivity contribution is -0.122. The van der Waals surface area contributed by atoms with E-state index in [1.165, 1.54) is 12.1 Å². The van der Waals surface area contributed by atoms with Crippen LogP contribution in [-0.4, -0.2) is 50.9 Å². The van der Waals surface area contributed by atoms with Crippen molar-refractivity contribution in [1.29, 1.82) is 0 Å². The Labute approximate surface area is 176 Å². The molecule has 0 aromatic heterocycles. The first-order valence-electron chi connectivity index (χ1n) is 9.81. The smallest absolute Gasteiger partial charge is 0.328 e. The monoisotopic (exact) mass is 436 g/mol. The maximum atomic E-state index is 12.3. The predicted octanol–water partition coefficient (Wildman–Crippen LogP) is 1.91. The number of carbonyl (C=O) groups is 3. The third kappa shape index (κ3) is 6.06. The maximum absolute atomic E-state index is 12.3. The Bertz CT molecular complexity index is 938. The van der Waals surface area contributed by atoms with Gasteiger partial charge in [-0.15, -0.1) is 0 Å². The minimum absolute atomic E-state index is 0.0272. The molecule has 0 atom stereocenters. The van der Waals surface area contributed by atoms with Crippen LogP contribution in [-0.2, 0) is 21.2 Å². The summed E-state index contributed by atoms with van der Waals surface area (Å²) in [5, 5.41) is 5.19. The number of imide groups is 1. The lowest BCUT2D eigenvalue weighted by Crippen LogP contribution is -2.42. The number of hydrogen-bond acceptors (Lipinski definition) is 5. The fourth-order valence-electron chi connectivity index (χ4n) is 2.82. The van der Waals surface area contributed by atoms with Gasteiger partial charge in [0, 0.05) is 18.7 Å². The van der Waals surface area contributed by atoms with Crippen molar-refractivity contribution in [2.24, 2.45) is 0 Å². The normalized spacial score (nSPS) is 14.1. The highest BCUT2D eigenvalue weighted by molar-refractivity contribution is 7.90. The molecule has 0 saturated carbocycles. The number of nitrogens with zero attached hydrogens (tertiary/aromatic N) is 1. The second-order valence-corrected chi connectivity index (χ2v) is 8.82. The second kappa shape index (κ2) is 10.2. The molecular formula is C20H28N4O5S. The molecule has 5 amide bonds. The van der Waals surface area contributed by atoms with Crippen LogP contribution >= 0.6 is 0 Å². The Morgan fingerprint density at radius 3 is 2.30 bits per heavy atom. The number of unbranched alkanes of at least 4 members (excludes halogenated alkanes) is 1. The Balaban J connectivity index is 1.84. The van der Waals surface area contributed by atoms with E-state index in [1.54, 1.807) is 19.1 Å². The van der Waals surface area contributed by atoms with E-state index in [0.717, 1.165) is 28.9 Å². The number of amides is 5. The Hall–Kier alpha value is -2.88. The average Bonchev–Trinajstić information content (AvgIpc) is 2.95. The average molecular weight is 437 g/mol. The van der Waals surface area contributed by atoms with E-state index < -0.39 is 22.1 Å². The summed E-state index contributed by atoms with van der Waals surface area (Å²) in [5.74, 6) is -0.286. The van der Waals surface area contributed by atoms with Crippen LogP contribution in [0.4, 0.5) is 9.59 Å². The van der Waals surface area contributed by atoms with Crippen molar-refractivity contribution in [2.45, 2.75) is 44.9 Å². The molecule has 1 aliphatic heterocycles. The van der Waals surface area contributed by atoms with Crippen molar-refractivity contribution in [2.75, 3.05) is 19.6 Å². The van der Waals surface area contributed by atoms with Crippen LogP contribution in [0.5, 0.6) is 0 Å². The molecule has 1 aromatic rings. The molecule has 0 radical (unpaired) electrons. The van der Waals surface area contributed by atoms with Crippen molar-refractivity contribution >= 4 is 28.0 Å². The lowest BCUT2D eigenvalue weighted by Gasteiger charge is -2.15.